The number of carbonyl (C=O) groups excluding carboxylic acids is 2. The summed E-state index contributed by atoms with van der Waals surface area (Å²) in [6.07, 6.45) is 1.93. The van der Waals surface area contributed by atoms with Crippen molar-refractivity contribution in [1.29, 1.82) is 0 Å². The first-order chi connectivity index (χ1) is 9.49. The number of amides is 1. The van der Waals surface area contributed by atoms with E-state index in [1.807, 2.05) is 0 Å². The van der Waals surface area contributed by atoms with Gasteiger partial charge in [0.25, 0.3) is 0 Å². The summed E-state index contributed by atoms with van der Waals surface area (Å²) in [5.74, 6) is 0.709. The number of anilines is 1. The highest BCUT2D eigenvalue weighted by Crippen LogP contribution is 2.07. The highest BCUT2D eigenvalue weighted by atomic mass is 16.1. The number of carbonyl (C=O) groups is 2. The molecule has 1 aromatic heterocycles. The fourth-order valence-electron chi connectivity index (χ4n) is 1.56. The molecule has 1 rings (SSSR count). The lowest BCUT2D eigenvalue weighted by Crippen LogP contribution is -2.13. The average Bonchev–Trinajstić information content (AvgIpc) is 2.38. The molecule has 1 aromatic rings. The highest BCUT2D eigenvalue weighted by molar-refractivity contribution is 5.94. The van der Waals surface area contributed by atoms with E-state index in [1.54, 1.807) is 25.1 Å². The van der Waals surface area contributed by atoms with Crippen LogP contribution in [0.15, 0.2) is 23.2 Å². The maximum absolute atomic E-state index is 11.7. The van der Waals surface area contributed by atoms with Crippen LogP contribution < -0.4 is 11.1 Å². The van der Waals surface area contributed by atoms with Crippen LogP contribution >= 0.6 is 0 Å². The number of amidine groups is 1. The van der Waals surface area contributed by atoms with E-state index >= 15 is 0 Å². The number of unbranched alkanes of at least 4 members (excludes halogenated alkanes) is 1. The zero-order valence-electron chi connectivity index (χ0n) is 11.8. The van der Waals surface area contributed by atoms with Crippen molar-refractivity contribution in [3.63, 3.8) is 0 Å². The first kappa shape index (κ1) is 15.8. The summed E-state index contributed by atoms with van der Waals surface area (Å²) in [7, 11) is 0. The van der Waals surface area contributed by atoms with Gasteiger partial charge in [-0.1, -0.05) is 6.07 Å². The van der Waals surface area contributed by atoms with Crippen molar-refractivity contribution in [2.24, 2.45) is 10.7 Å². The molecule has 1 heterocycles. The predicted octanol–water partition coefficient (Wildman–Crippen LogP) is 1.77. The molecular weight excluding hydrogens is 256 g/mol. The van der Waals surface area contributed by atoms with E-state index in [-0.39, 0.29) is 11.7 Å². The van der Waals surface area contributed by atoms with E-state index in [1.165, 1.54) is 6.92 Å². The number of aromatic nitrogens is 1. The van der Waals surface area contributed by atoms with Crippen molar-refractivity contribution in [1.82, 2.24) is 4.98 Å². The van der Waals surface area contributed by atoms with Crippen LogP contribution in [0.25, 0.3) is 0 Å². The van der Waals surface area contributed by atoms with Gasteiger partial charge in [-0.25, -0.2) is 4.98 Å². The van der Waals surface area contributed by atoms with Crippen LogP contribution in [0.3, 0.4) is 0 Å². The smallest absolute Gasteiger partial charge is 0.225 e. The molecule has 0 aliphatic rings. The Hall–Kier alpha value is -2.24. The number of hydrogen-bond acceptors (Lipinski definition) is 4. The topological polar surface area (TPSA) is 97.4 Å². The summed E-state index contributed by atoms with van der Waals surface area (Å²) >= 11 is 0. The number of aliphatic imine (C=N–C) groups is 1. The lowest BCUT2D eigenvalue weighted by molar-refractivity contribution is -0.116. The second kappa shape index (κ2) is 8.04. The van der Waals surface area contributed by atoms with E-state index < -0.39 is 0 Å². The van der Waals surface area contributed by atoms with Crippen LogP contribution in [-0.4, -0.2) is 29.1 Å². The predicted molar refractivity (Wildman–Crippen MR) is 78.9 cm³/mol. The number of hydrogen-bond donors (Lipinski definition) is 2. The molecule has 1 amide bonds. The molecule has 0 spiro atoms. The van der Waals surface area contributed by atoms with Crippen molar-refractivity contribution in [3.8, 4) is 0 Å². The Morgan fingerprint density at radius 2 is 2.05 bits per heavy atom. The van der Waals surface area contributed by atoms with Gasteiger partial charge in [0.15, 0.2) is 5.78 Å². The first-order valence-corrected chi connectivity index (χ1v) is 6.53. The molecule has 0 atom stereocenters. The normalized spacial score (nSPS) is 11.2. The molecule has 0 bridgehead atoms. The summed E-state index contributed by atoms with van der Waals surface area (Å²) < 4.78 is 0. The molecule has 0 aromatic carbocycles. The third-order valence-electron chi connectivity index (χ3n) is 2.55. The molecule has 0 saturated carbocycles. The Morgan fingerprint density at radius 3 is 2.70 bits per heavy atom. The molecule has 0 radical (unpaired) electrons. The summed E-state index contributed by atoms with van der Waals surface area (Å²) in [6, 6.07) is 4.97. The lowest BCUT2D eigenvalue weighted by Gasteiger charge is -2.05. The monoisotopic (exact) mass is 276 g/mol. The standard InChI is InChI=1S/C14H20N4O2/c1-10(19)12-6-5-7-13(17-12)18-14(20)8-3-4-9-16-11(2)15/h5-7H,3-4,8-9H2,1-2H3,(H2,15,16)(H,17,18,20). The number of ketones is 1. The number of rotatable bonds is 7. The minimum atomic E-state index is -0.129. The maximum Gasteiger partial charge on any atom is 0.225 e. The van der Waals surface area contributed by atoms with Gasteiger partial charge in [0.1, 0.15) is 11.5 Å². The van der Waals surface area contributed by atoms with Gasteiger partial charge in [0, 0.05) is 19.9 Å². The van der Waals surface area contributed by atoms with E-state index in [0.29, 0.717) is 30.3 Å². The number of pyridine rings is 1. The van der Waals surface area contributed by atoms with E-state index in [4.69, 9.17) is 5.73 Å². The van der Waals surface area contributed by atoms with E-state index in [0.717, 1.165) is 12.8 Å². The average molecular weight is 276 g/mol. The van der Waals surface area contributed by atoms with Crippen molar-refractivity contribution in [3.05, 3.63) is 23.9 Å². The third-order valence-corrected chi connectivity index (χ3v) is 2.55. The molecule has 0 fully saturated rings. The highest BCUT2D eigenvalue weighted by Gasteiger charge is 2.05. The van der Waals surface area contributed by atoms with Crippen molar-refractivity contribution >= 4 is 23.3 Å². The molecule has 0 aliphatic carbocycles. The Balaban J connectivity index is 2.37. The Bertz CT molecular complexity index is 508. The van der Waals surface area contributed by atoms with E-state index in [2.05, 4.69) is 15.3 Å². The molecular formula is C14H20N4O2. The van der Waals surface area contributed by atoms with Gasteiger partial charge >= 0.3 is 0 Å². The molecule has 6 heteroatoms. The number of nitrogens with zero attached hydrogens (tertiary/aromatic N) is 2. The number of Topliss-reactive ketones (excluding diaryl/α,β-unsaturated/α-hetero) is 1. The largest absolute Gasteiger partial charge is 0.388 e. The SMILES string of the molecule is CC(=O)c1cccc(NC(=O)CCCCN=C(C)N)n1. The summed E-state index contributed by atoms with van der Waals surface area (Å²) in [5.41, 5.74) is 5.75. The van der Waals surface area contributed by atoms with Gasteiger partial charge in [0.2, 0.25) is 5.91 Å². The van der Waals surface area contributed by atoms with Crippen LogP contribution in [-0.2, 0) is 4.79 Å². The molecule has 108 valence electrons. The maximum atomic E-state index is 11.7. The molecule has 0 aliphatic heterocycles. The Labute approximate surface area is 118 Å². The summed E-state index contributed by atoms with van der Waals surface area (Å²) in [4.78, 5) is 31.0. The molecule has 3 N–H and O–H groups in total. The Morgan fingerprint density at radius 1 is 1.30 bits per heavy atom. The Kier molecular flexibility index (Phi) is 6.36. The quantitative estimate of drug-likeness (QED) is 0.343. The zero-order valence-corrected chi connectivity index (χ0v) is 11.8. The van der Waals surface area contributed by atoms with Gasteiger partial charge < -0.3 is 11.1 Å². The molecule has 0 unspecified atom stereocenters. The number of nitrogens with one attached hydrogen (secondary N) is 1. The summed E-state index contributed by atoms with van der Waals surface area (Å²) in [5, 5.41) is 2.67. The van der Waals surface area contributed by atoms with Crippen LogP contribution in [0.2, 0.25) is 0 Å². The fourth-order valence-corrected chi connectivity index (χ4v) is 1.56. The minimum Gasteiger partial charge on any atom is -0.388 e. The van der Waals surface area contributed by atoms with Crippen molar-refractivity contribution in [2.75, 3.05) is 11.9 Å². The third kappa shape index (κ3) is 6.08. The van der Waals surface area contributed by atoms with Gasteiger partial charge in [0.05, 0.1) is 5.84 Å². The van der Waals surface area contributed by atoms with Gasteiger partial charge in [-0.3, -0.25) is 14.6 Å². The molecule has 0 saturated heterocycles. The first-order valence-electron chi connectivity index (χ1n) is 6.53. The van der Waals surface area contributed by atoms with Crippen LogP contribution in [0, 0.1) is 0 Å². The van der Waals surface area contributed by atoms with Crippen molar-refractivity contribution < 1.29 is 9.59 Å². The van der Waals surface area contributed by atoms with Crippen LogP contribution in [0.1, 0.15) is 43.6 Å². The minimum absolute atomic E-state index is 0.119. The van der Waals surface area contributed by atoms with Crippen LogP contribution in [0.4, 0.5) is 5.82 Å². The summed E-state index contributed by atoms with van der Waals surface area (Å²) in [6.45, 7) is 3.81. The van der Waals surface area contributed by atoms with Crippen molar-refractivity contribution in [2.45, 2.75) is 33.1 Å². The van der Waals surface area contributed by atoms with Gasteiger partial charge in [-0.05, 0) is 31.9 Å². The van der Waals surface area contributed by atoms with Gasteiger partial charge in [-0.2, -0.15) is 0 Å². The molecule has 6 nitrogen and oxygen atoms in total. The number of nitrogens with two attached hydrogens (primary N) is 1. The second-order valence-corrected chi connectivity index (χ2v) is 4.49. The zero-order chi connectivity index (χ0) is 15.0. The van der Waals surface area contributed by atoms with Crippen LogP contribution in [0.5, 0.6) is 0 Å². The van der Waals surface area contributed by atoms with Gasteiger partial charge in [-0.15, -0.1) is 0 Å². The fraction of sp³-hybridized carbons (Fsp3) is 0.429. The second-order valence-electron chi connectivity index (χ2n) is 4.49. The lowest BCUT2D eigenvalue weighted by atomic mass is 10.2. The molecule has 20 heavy (non-hydrogen) atoms. The van der Waals surface area contributed by atoms with E-state index in [9.17, 15) is 9.59 Å².